The molecule has 1 fully saturated rings. The Labute approximate surface area is 152 Å². The molecule has 2 unspecified atom stereocenters. The molecule has 2 aromatic rings. The molecule has 1 aliphatic heterocycles. The first-order valence-electron chi connectivity index (χ1n) is 8.53. The summed E-state index contributed by atoms with van der Waals surface area (Å²) in [6, 6.07) is 7.86. The highest BCUT2D eigenvalue weighted by Gasteiger charge is 2.34. The average Bonchev–Trinajstić information content (AvgIpc) is 3.09. The van der Waals surface area contributed by atoms with Gasteiger partial charge in [-0.3, -0.25) is 4.79 Å². The van der Waals surface area contributed by atoms with Gasteiger partial charge < -0.3 is 9.84 Å². The molecule has 8 nitrogen and oxygen atoms in total. The molecule has 1 amide bonds. The van der Waals surface area contributed by atoms with Crippen LogP contribution in [-0.4, -0.2) is 41.9 Å². The molecule has 0 radical (unpaired) electrons. The van der Waals surface area contributed by atoms with E-state index in [0.717, 1.165) is 0 Å². The minimum absolute atomic E-state index is 0.165. The van der Waals surface area contributed by atoms with Crippen LogP contribution in [0.4, 0.5) is 0 Å². The van der Waals surface area contributed by atoms with Crippen LogP contribution in [0.2, 0.25) is 0 Å². The summed E-state index contributed by atoms with van der Waals surface area (Å²) in [6.45, 7) is 4.04. The summed E-state index contributed by atoms with van der Waals surface area (Å²) in [5.74, 6) is 0.217. The third-order valence-corrected chi connectivity index (χ3v) is 6.29. The van der Waals surface area contributed by atoms with Crippen molar-refractivity contribution in [3.8, 4) is 0 Å². The number of hydrogen-bond donors (Lipinski definition) is 1. The van der Waals surface area contributed by atoms with Gasteiger partial charge >= 0.3 is 0 Å². The Morgan fingerprint density at radius 2 is 2.08 bits per heavy atom. The van der Waals surface area contributed by atoms with Crippen LogP contribution in [-0.2, 0) is 14.8 Å². The maximum atomic E-state index is 12.8. The molecule has 140 valence electrons. The van der Waals surface area contributed by atoms with Gasteiger partial charge in [0.2, 0.25) is 21.8 Å². The van der Waals surface area contributed by atoms with Gasteiger partial charge in [-0.1, -0.05) is 23.4 Å². The van der Waals surface area contributed by atoms with Crippen molar-refractivity contribution in [2.24, 2.45) is 5.92 Å². The van der Waals surface area contributed by atoms with E-state index in [-0.39, 0.29) is 17.3 Å². The van der Waals surface area contributed by atoms with E-state index in [4.69, 9.17) is 4.52 Å². The highest BCUT2D eigenvalue weighted by atomic mass is 32.2. The van der Waals surface area contributed by atoms with Crippen LogP contribution in [0.5, 0.6) is 0 Å². The number of rotatable bonds is 5. The van der Waals surface area contributed by atoms with Crippen LogP contribution in [0, 0.1) is 12.8 Å². The molecule has 3 rings (SSSR count). The Morgan fingerprint density at radius 1 is 1.35 bits per heavy atom. The number of amides is 1. The van der Waals surface area contributed by atoms with E-state index < -0.39 is 22.0 Å². The quantitative estimate of drug-likeness (QED) is 0.848. The molecule has 26 heavy (non-hydrogen) atoms. The van der Waals surface area contributed by atoms with Gasteiger partial charge in [0.25, 0.3) is 0 Å². The van der Waals surface area contributed by atoms with Gasteiger partial charge in [-0.25, -0.2) is 8.42 Å². The first-order valence-corrected chi connectivity index (χ1v) is 9.97. The Kier molecular flexibility index (Phi) is 5.38. The third kappa shape index (κ3) is 3.94. The molecule has 1 aromatic heterocycles. The fourth-order valence-electron chi connectivity index (χ4n) is 3.00. The number of hydrogen-bond acceptors (Lipinski definition) is 6. The zero-order valence-corrected chi connectivity index (χ0v) is 15.6. The van der Waals surface area contributed by atoms with Crippen molar-refractivity contribution in [1.29, 1.82) is 0 Å². The van der Waals surface area contributed by atoms with Crippen molar-refractivity contribution in [3.63, 3.8) is 0 Å². The molecule has 1 aromatic carbocycles. The zero-order chi connectivity index (χ0) is 18.7. The molecule has 1 aliphatic rings. The summed E-state index contributed by atoms with van der Waals surface area (Å²) in [6.07, 6.45) is 1.28. The normalized spacial score (nSPS) is 19.8. The molecule has 1 N–H and O–H groups in total. The second-order valence-corrected chi connectivity index (χ2v) is 8.36. The number of carbonyl (C=O) groups excluding carboxylic acids is 1. The largest absolute Gasteiger partial charge is 0.344 e. The summed E-state index contributed by atoms with van der Waals surface area (Å²) >= 11 is 0. The van der Waals surface area contributed by atoms with Crippen LogP contribution in [0.25, 0.3) is 0 Å². The smallest absolute Gasteiger partial charge is 0.248 e. The summed E-state index contributed by atoms with van der Waals surface area (Å²) in [5.41, 5.74) is 0. The minimum Gasteiger partial charge on any atom is -0.344 e. The maximum Gasteiger partial charge on any atom is 0.248 e. The van der Waals surface area contributed by atoms with Crippen molar-refractivity contribution in [3.05, 3.63) is 42.0 Å². The molecule has 0 aliphatic carbocycles. The number of piperidine rings is 1. The van der Waals surface area contributed by atoms with E-state index in [1.165, 1.54) is 4.31 Å². The summed E-state index contributed by atoms with van der Waals surface area (Å²) in [5, 5.41) is 6.54. The lowest BCUT2D eigenvalue weighted by Gasteiger charge is -2.31. The van der Waals surface area contributed by atoms with Gasteiger partial charge in [0.15, 0.2) is 5.82 Å². The molecular formula is C17H22N4O4S. The van der Waals surface area contributed by atoms with Gasteiger partial charge in [0.05, 0.1) is 10.8 Å². The van der Waals surface area contributed by atoms with Crippen LogP contribution >= 0.6 is 0 Å². The van der Waals surface area contributed by atoms with Gasteiger partial charge in [-0.2, -0.15) is 9.29 Å². The zero-order valence-electron chi connectivity index (χ0n) is 14.8. The molecule has 2 heterocycles. The standard InChI is InChI=1S/C17H22N4O4S/c1-12(17-19-13(2)20-25-17)18-16(22)14-7-6-10-21(11-14)26(23,24)15-8-4-3-5-9-15/h3-5,8-9,12,14H,6-7,10-11H2,1-2H3,(H,18,22). The lowest BCUT2D eigenvalue weighted by molar-refractivity contribution is -0.126. The lowest BCUT2D eigenvalue weighted by Crippen LogP contribution is -2.45. The van der Waals surface area contributed by atoms with E-state index in [9.17, 15) is 13.2 Å². The van der Waals surface area contributed by atoms with Crippen LogP contribution in [0.3, 0.4) is 0 Å². The first kappa shape index (κ1) is 18.5. The number of carbonyl (C=O) groups is 1. The van der Waals surface area contributed by atoms with Crippen molar-refractivity contribution < 1.29 is 17.7 Å². The highest BCUT2D eigenvalue weighted by molar-refractivity contribution is 7.89. The monoisotopic (exact) mass is 378 g/mol. The van der Waals surface area contributed by atoms with Crippen molar-refractivity contribution in [2.45, 2.75) is 37.6 Å². The van der Waals surface area contributed by atoms with Gasteiger partial charge in [0, 0.05) is 13.1 Å². The molecule has 9 heteroatoms. The summed E-state index contributed by atoms with van der Waals surface area (Å²) in [7, 11) is -3.59. The fourth-order valence-corrected chi connectivity index (χ4v) is 4.54. The lowest BCUT2D eigenvalue weighted by atomic mass is 9.98. The second-order valence-electron chi connectivity index (χ2n) is 6.43. The number of nitrogens with zero attached hydrogens (tertiary/aromatic N) is 3. The Morgan fingerprint density at radius 3 is 2.73 bits per heavy atom. The predicted octanol–water partition coefficient (Wildman–Crippen LogP) is 1.66. The van der Waals surface area contributed by atoms with Crippen molar-refractivity contribution >= 4 is 15.9 Å². The molecular weight excluding hydrogens is 356 g/mol. The van der Waals surface area contributed by atoms with E-state index >= 15 is 0 Å². The van der Waals surface area contributed by atoms with Crippen molar-refractivity contribution in [1.82, 2.24) is 19.8 Å². The third-order valence-electron chi connectivity index (χ3n) is 4.41. The van der Waals surface area contributed by atoms with Gasteiger partial charge in [-0.15, -0.1) is 0 Å². The summed E-state index contributed by atoms with van der Waals surface area (Å²) < 4.78 is 32.0. The number of nitrogens with one attached hydrogen (secondary N) is 1. The Bertz CT molecular complexity index is 866. The van der Waals surface area contributed by atoms with E-state index in [2.05, 4.69) is 15.5 Å². The number of aromatic nitrogens is 2. The Balaban J connectivity index is 1.67. The number of benzene rings is 1. The van der Waals surface area contributed by atoms with E-state index in [1.54, 1.807) is 44.2 Å². The number of aryl methyl sites for hydroxylation is 1. The molecule has 0 spiro atoms. The van der Waals surface area contributed by atoms with Crippen LogP contribution in [0.15, 0.2) is 39.8 Å². The van der Waals surface area contributed by atoms with Gasteiger partial charge in [-0.05, 0) is 38.8 Å². The highest BCUT2D eigenvalue weighted by Crippen LogP contribution is 2.24. The first-order chi connectivity index (χ1) is 12.4. The summed E-state index contributed by atoms with van der Waals surface area (Å²) in [4.78, 5) is 16.9. The molecule has 1 saturated heterocycles. The second kappa shape index (κ2) is 7.55. The molecule has 2 atom stereocenters. The number of sulfonamides is 1. The van der Waals surface area contributed by atoms with Crippen LogP contribution < -0.4 is 5.32 Å². The fraction of sp³-hybridized carbons (Fsp3) is 0.471. The predicted molar refractivity (Wildman–Crippen MR) is 93.5 cm³/mol. The van der Waals surface area contributed by atoms with Crippen molar-refractivity contribution in [2.75, 3.05) is 13.1 Å². The van der Waals surface area contributed by atoms with Gasteiger partial charge in [0.1, 0.15) is 6.04 Å². The maximum absolute atomic E-state index is 12.8. The van der Waals surface area contributed by atoms with Crippen LogP contribution in [0.1, 0.15) is 37.5 Å². The topological polar surface area (TPSA) is 105 Å². The Hall–Kier alpha value is -2.26. The molecule has 0 bridgehead atoms. The minimum atomic E-state index is -3.59. The molecule has 0 saturated carbocycles. The van der Waals surface area contributed by atoms with E-state index in [1.807, 2.05) is 0 Å². The average molecular weight is 378 g/mol. The van der Waals surface area contributed by atoms with E-state index in [0.29, 0.717) is 31.1 Å². The SMILES string of the molecule is Cc1noc(C(C)NC(=O)C2CCCN(S(=O)(=O)c3ccccc3)C2)n1.